The molecule has 0 aliphatic heterocycles. The van der Waals surface area contributed by atoms with Crippen molar-refractivity contribution < 1.29 is 30.0 Å². The van der Waals surface area contributed by atoms with Crippen molar-refractivity contribution in [1.82, 2.24) is 0 Å². The van der Waals surface area contributed by atoms with Gasteiger partial charge >= 0.3 is 0 Å². The molecule has 0 heterocycles. The van der Waals surface area contributed by atoms with Crippen LogP contribution in [0.5, 0.6) is 17.2 Å². The standard InChI is InChI=1S/C10H6O6/c11-3-1-5(13)9(15)8-7(3)4(12)2-6(14)10(8)16/h1-2,11,13-15H. The average molecular weight is 222 g/mol. The number of carbonyl (C=O) groups is 2. The Kier molecular flexibility index (Phi) is 1.88. The fraction of sp³-hybridized carbons (Fsp3) is 0. The zero-order valence-corrected chi connectivity index (χ0v) is 7.76. The van der Waals surface area contributed by atoms with Crippen molar-refractivity contribution in [3.05, 3.63) is 29.0 Å². The summed E-state index contributed by atoms with van der Waals surface area (Å²) in [5.74, 6) is -4.92. The average Bonchev–Trinajstić information content (AvgIpc) is 2.20. The zero-order valence-electron chi connectivity index (χ0n) is 7.76. The van der Waals surface area contributed by atoms with Gasteiger partial charge in [0.15, 0.2) is 23.0 Å². The van der Waals surface area contributed by atoms with Crippen molar-refractivity contribution in [2.24, 2.45) is 0 Å². The summed E-state index contributed by atoms with van der Waals surface area (Å²) in [6.45, 7) is 0. The van der Waals surface area contributed by atoms with E-state index >= 15 is 0 Å². The van der Waals surface area contributed by atoms with E-state index in [9.17, 15) is 24.9 Å². The molecule has 4 N–H and O–H groups in total. The summed E-state index contributed by atoms with van der Waals surface area (Å²) in [7, 11) is 0. The number of rotatable bonds is 0. The van der Waals surface area contributed by atoms with Gasteiger partial charge in [0.1, 0.15) is 5.75 Å². The monoisotopic (exact) mass is 222 g/mol. The minimum atomic E-state index is -1.03. The number of hydrogen-bond acceptors (Lipinski definition) is 6. The van der Waals surface area contributed by atoms with Crippen molar-refractivity contribution in [1.29, 1.82) is 0 Å². The molecule has 0 spiro atoms. The highest BCUT2D eigenvalue weighted by atomic mass is 16.3. The number of carbonyl (C=O) groups excluding carboxylic acids is 2. The lowest BCUT2D eigenvalue weighted by atomic mass is 9.91. The van der Waals surface area contributed by atoms with Gasteiger partial charge in [0.05, 0.1) is 11.1 Å². The third kappa shape index (κ3) is 1.13. The van der Waals surface area contributed by atoms with Gasteiger partial charge in [0.2, 0.25) is 5.78 Å². The molecule has 6 nitrogen and oxygen atoms in total. The van der Waals surface area contributed by atoms with Gasteiger partial charge in [-0.3, -0.25) is 9.59 Å². The summed E-state index contributed by atoms with van der Waals surface area (Å²) >= 11 is 0. The Hall–Kier alpha value is -2.50. The molecule has 0 aromatic heterocycles. The Morgan fingerprint density at radius 1 is 0.875 bits per heavy atom. The van der Waals surface area contributed by atoms with Crippen LogP contribution in [-0.4, -0.2) is 32.0 Å². The summed E-state index contributed by atoms with van der Waals surface area (Å²) in [5.41, 5.74) is -1.03. The number of ketones is 2. The number of aromatic hydroxyl groups is 3. The molecule has 0 fully saturated rings. The Morgan fingerprint density at radius 3 is 2.12 bits per heavy atom. The molecule has 2 rings (SSSR count). The van der Waals surface area contributed by atoms with E-state index in [4.69, 9.17) is 5.11 Å². The van der Waals surface area contributed by atoms with Crippen LogP contribution in [0.4, 0.5) is 0 Å². The van der Waals surface area contributed by atoms with Crippen molar-refractivity contribution in [3.8, 4) is 17.2 Å². The first kappa shape index (κ1) is 10.0. The van der Waals surface area contributed by atoms with E-state index in [0.29, 0.717) is 6.08 Å². The predicted molar refractivity (Wildman–Crippen MR) is 50.8 cm³/mol. The molecule has 6 heteroatoms. The number of phenolic OH excluding ortho intramolecular Hbond substituents is 3. The van der Waals surface area contributed by atoms with Gasteiger partial charge in [-0.1, -0.05) is 0 Å². The topological polar surface area (TPSA) is 115 Å². The molecule has 0 saturated carbocycles. The highest BCUT2D eigenvalue weighted by Gasteiger charge is 2.32. The van der Waals surface area contributed by atoms with E-state index in [1.807, 2.05) is 0 Å². The van der Waals surface area contributed by atoms with Crippen LogP contribution in [0.1, 0.15) is 20.7 Å². The van der Waals surface area contributed by atoms with Crippen molar-refractivity contribution in [2.45, 2.75) is 0 Å². The van der Waals surface area contributed by atoms with Gasteiger partial charge in [-0.05, 0) is 0 Å². The number of Topliss-reactive ketones (excluding diaryl/α,β-unsaturated/α-hetero) is 1. The maximum atomic E-state index is 11.4. The number of phenols is 3. The molecule has 0 bridgehead atoms. The van der Waals surface area contributed by atoms with E-state index in [2.05, 4.69) is 0 Å². The summed E-state index contributed by atoms with van der Waals surface area (Å²) in [6, 6.07) is 0.746. The maximum Gasteiger partial charge on any atom is 0.232 e. The lowest BCUT2D eigenvalue weighted by Gasteiger charge is -2.14. The van der Waals surface area contributed by atoms with Crippen LogP contribution in [0.3, 0.4) is 0 Å². The number of allylic oxidation sites excluding steroid dienone is 2. The fourth-order valence-corrected chi connectivity index (χ4v) is 1.51. The largest absolute Gasteiger partial charge is 0.507 e. The Morgan fingerprint density at radius 2 is 1.50 bits per heavy atom. The number of hydrogen-bond donors (Lipinski definition) is 4. The minimum Gasteiger partial charge on any atom is -0.507 e. The van der Waals surface area contributed by atoms with E-state index in [1.54, 1.807) is 0 Å². The normalized spacial score (nSPS) is 14.6. The smallest absolute Gasteiger partial charge is 0.232 e. The number of aliphatic hydroxyl groups is 1. The van der Waals surface area contributed by atoms with Crippen LogP contribution in [0.2, 0.25) is 0 Å². The number of benzene rings is 1. The van der Waals surface area contributed by atoms with E-state index < -0.39 is 45.7 Å². The van der Waals surface area contributed by atoms with Crippen molar-refractivity contribution in [2.75, 3.05) is 0 Å². The van der Waals surface area contributed by atoms with E-state index in [-0.39, 0.29) is 0 Å². The molecule has 16 heavy (non-hydrogen) atoms. The second-order valence-corrected chi connectivity index (χ2v) is 3.24. The molecular weight excluding hydrogens is 216 g/mol. The summed E-state index contributed by atoms with van der Waals surface area (Å²) in [6.07, 6.45) is 0.640. The van der Waals surface area contributed by atoms with Gasteiger partial charge in [0.25, 0.3) is 0 Å². The Labute approximate surface area is 88.7 Å². The highest BCUT2D eigenvalue weighted by Crippen LogP contribution is 2.40. The molecule has 1 aliphatic rings. The molecule has 0 radical (unpaired) electrons. The molecule has 0 atom stereocenters. The van der Waals surface area contributed by atoms with Crippen LogP contribution in [0, 0.1) is 0 Å². The second-order valence-electron chi connectivity index (χ2n) is 3.24. The van der Waals surface area contributed by atoms with Gasteiger partial charge in [-0.2, -0.15) is 0 Å². The summed E-state index contributed by atoms with van der Waals surface area (Å²) in [4.78, 5) is 22.8. The van der Waals surface area contributed by atoms with Gasteiger partial charge < -0.3 is 20.4 Å². The highest BCUT2D eigenvalue weighted by molar-refractivity contribution is 6.26. The van der Waals surface area contributed by atoms with Crippen LogP contribution in [0.25, 0.3) is 0 Å². The minimum absolute atomic E-state index is 0.432. The maximum absolute atomic E-state index is 11.4. The van der Waals surface area contributed by atoms with E-state index in [1.165, 1.54) is 0 Å². The van der Waals surface area contributed by atoms with Crippen molar-refractivity contribution >= 4 is 11.6 Å². The quantitative estimate of drug-likeness (QED) is 0.378. The van der Waals surface area contributed by atoms with Gasteiger partial charge in [0, 0.05) is 12.1 Å². The third-order valence-corrected chi connectivity index (χ3v) is 2.23. The molecule has 1 aromatic carbocycles. The molecule has 0 amide bonds. The zero-order chi connectivity index (χ0) is 12.0. The van der Waals surface area contributed by atoms with Gasteiger partial charge in [-0.25, -0.2) is 0 Å². The summed E-state index contributed by atoms with van der Waals surface area (Å²) < 4.78 is 0. The first-order valence-corrected chi connectivity index (χ1v) is 4.21. The lowest BCUT2D eigenvalue weighted by Crippen LogP contribution is -2.17. The fourth-order valence-electron chi connectivity index (χ4n) is 1.51. The van der Waals surface area contributed by atoms with Crippen LogP contribution in [-0.2, 0) is 0 Å². The van der Waals surface area contributed by atoms with Gasteiger partial charge in [-0.15, -0.1) is 0 Å². The summed E-state index contributed by atoms with van der Waals surface area (Å²) in [5, 5.41) is 37.1. The molecule has 0 unspecified atom stereocenters. The number of fused-ring (bicyclic) bond motifs is 1. The van der Waals surface area contributed by atoms with Crippen LogP contribution >= 0.6 is 0 Å². The van der Waals surface area contributed by atoms with Crippen LogP contribution < -0.4 is 0 Å². The molecule has 0 saturated heterocycles. The second kappa shape index (κ2) is 2.99. The molecule has 82 valence electrons. The van der Waals surface area contributed by atoms with Crippen LogP contribution in [0.15, 0.2) is 17.9 Å². The molecule has 1 aromatic rings. The Balaban J connectivity index is 2.87. The lowest BCUT2D eigenvalue weighted by molar-refractivity contribution is 0.0934. The Bertz CT molecular complexity index is 555. The molecular formula is C10H6O6. The predicted octanol–water partition coefficient (Wildman–Crippen LogP) is 0.624. The van der Waals surface area contributed by atoms with Crippen molar-refractivity contribution in [3.63, 3.8) is 0 Å². The van der Waals surface area contributed by atoms with E-state index in [0.717, 1.165) is 6.07 Å². The first-order chi connectivity index (χ1) is 7.43. The third-order valence-electron chi connectivity index (χ3n) is 2.23. The molecule has 1 aliphatic carbocycles. The first-order valence-electron chi connectivity index (χ1n) is 4.21. The SMILES string of the molecule is O=C1C=C(O)C(=O)c2c(O)c(O)cc(O)c21. The number of aliphatic hydroxyl groups excluding tert-OH is 1.